The molecule has 1 fully saturated rings. The minimum Gasteiger partial charge on any atom is -0.508 e. The van der Waals surface area contributed by atoms with Crippen molar-refractivity contribution in [3.63, 3.8) is 0 Å². The second-order valence-electron chi connectivity index (χ2n) is 5.39. The van der Waals surface area contributed by atoms with Gasteiger partial charge in [0.25, 0.3) is 0 Å². The first-order valence-corrected chi connectivity index (χ1v) is 6.92. The summed E-state index contributed by atoms with van der Waals surface area (Å²) in [7, 11) is 2.11. The molecule has 5 nitrogen and oxygen atoms in total. The zero-order valence-electron chi connectivity index (χ0n) is 11.7. The number of piperazine rings is 1. The highest BCUT2D eigenvalue weighted by atomic mass is 16.3. The fourth-order valence-electron chi connectivity index (χ4n) is 2.86. The molecule has 0 bridgehead atoms. The molecule has 2 aromatic rings. The smallest absolute Gasteiger partial charge is 0.136 e. The van der Waals surface area contributed by atoms with E-state index in [0.717, 1.165) is 36.2 Å². The Bertz CT molecular complexity index is 616. The molecule has 1 atom stereocenters. The Morgan fingerprint density at radius 2 is 2.20 bits per heavy atom. The molecule has 1 aromatic heterocycles. The summed E-state index contributed by atoms with van der Waals surface area (Å²) in [6.07, 6.45) is 1.82. The maximum Gasteiger partial charge on any atom is 0.136 e. The number of nitrogens with zero attached hydrogens (tertiary/aromatic N) is 3. The molecule has 3 N–H and O–H groups in total. The first-order chi connectivity index (χ1) is 9.69. The molecule has 0 aliphatic carbocycles. The van der Waals surface area contributed by atoms with Crippen LogP contribution >= 0.6 is 0 Å². The van der Waals surface area contributed by atoms with Crippen LogP contribution < -0.4 is 10.6 Å². The van der Waals surface area contributed by atoms with E-state index in [1.165, 1.54) is 0 Å². The van der Waals surface area contributed by atoms with Crippen molar-refractivity contribution < 1.29 is 5.11 Å². The van der Waals surface area contributed by atoms with Crippen LogP contribution in [-0.4, -0.2) is 54.3 Å². The number of aromatic nitrogens is 1. The predicted molar refractivity (Wildman–Crippen MR) is 81.1 cm³/mol. The average Bonchev–Trinajstić information content (AvgIpc) is 2.46. The van der Waals surface area contributed by atoms with Gasteiger partial charge in [-0.15, -0.1) is 0 Å². The number of pyridine rings is 1. The quantitative estimate of drug-likeness (QED) is 0.854. The van der Waals surface area contributed by atoms with Gasteiger partial charge in [0.2, 0.25) is 0 Å². The number of phenolic OH excluding ortho intramolecular Hbond substituents is 1. The number of rotatable bonds is 2. The second-order valence-corrected chi connectivity index (χ2v) is 5.39. The van der Waals surface area contributed by atoms with E-state index >= 15 is 0 Å². The molecular weight excluding hydrogens is 252 g/mol. The maximum atomic E-state index is 9.74. The van der Waals surface area contributed by atoms with Crippen molar-refractivity contribution >= 4 is 16.6 Å². The number of anilines is 1. The fraction of sp³-hybridized carbons (Fsp3) is 0.400. The highest BCUT2D eigenvalue weighted by molar-refractivity contribution is 5.93. The van der Waals surface area contributed by atoms with Crippen LogP contribution in [0.15, 0.2) is 30.5 Å². The van der Waals surface area contributed by atoms with Gasteiger partial charge in [0.05, 0.1) is 6.04 Å². The number of nitrogens with two attached hydrogens (primary N) is 1. The number of benzene rings is 1. The lowest BCUT2D eigenvalue weighted by molar-refractivity contribution is 0.269. The van der Waals surface area contributed by atoms with E-state index in [0.29, 0.717) is 6.54 Å². The second kappa shape index (κ2) is 5.26. The lowest BCUT2D eigenvalue weighted by Crippen LogP contribution is -2.55. The van der Waals surface area contributed by atoms with Crippen LogP contribution in [0.4, 0.5) is 5.82 Å². The lowest BCUT2D eigenvalue weighted by Gasteiger charge is -2.40. The maximum absolute atomic E-state index is 9.74. The van der Waals surface area contributed by atoms with Crippen LogP contribution in [0.25, 0.3) is 10.8 Å². The lowest BCUT2D eigenvalue weighted by atomic mass is 10.1. The summed E-state index contributed by atoms with van der Waals surface area (Å²) >= 11 is 0. The molecule has 2 heterocycles. The van der Waals surface area contributed by atoms with Crippen LogP contribution in [0.1, 0.15) is 0 Å². The number of hydrogen-bond donors (Lipinski definition) is 2. The Hall–Kier alpha value is -1.85. The van der Waals surface area contributed by atoms with Crippen LogP contribution in [-0.2, 0) is 0 Å². The summed E-state index contributed by atoms with van der Waals surface area (Å²) in [5.41, 5.74) is 5.92. The van der Waals surface area contributed by atoms with Crippen molar-refractivity contribution in [3.8, 4) is 5.75 Å². The van der Waals surface area contributed by atoms with E-state index in [1.807, 2.05) is 18.3 Å². The molecule has 0 spiro atoms. The highest BCUT2D eigenvalue weighted by Crippen LogP contribution is 2.29. The van der Waals surface area contributed by atoms with Gasteiger partial charge in [0.15, 0.2) is 0 Å². The number of phenols is 1. The SMILES string of the molecule is CN1CCN(c2nccc3ccc(O)cc23)C(CN)C1. The molecule has 1 aliphatic heterocycles. The van der Waals surface area contributed by atoms with E-state index in [9.17, 15) is 5.11 Å². The number of likely N-dealkylation sites (N-methyl/N-ethyl adjacent to an activating group) is 1. The van der Waals surface area contributed by atoms with Crippen molar-refractivity contribution in [2.24, 2.45) is 5.73 Å². The third-order valence-electron chi connectivity index (χ3n) is 3.96. The monoisotopic (exact) mass is 272 g/mol. The summed E-state index contributed by atoms with van der Waals surface area (Å²) in [4.78, 5) is 9.09. The van der Waals surface area contributed by atoms with Gasteiger partial charge in [-0.2, -0.15) is 0 Å². The van der Waals surface area contributed by atoms with Crippen molar-refractivity contribution in [2.75, 3.05) is 38.1 Å². The van der Waals surface area contributed by atoms with Crippen LogP contribution in [0, 0.1) is 0 Å². The Morgan fingerprint density at radius 1 is 1.35 bits per heavy atom. The van der Waals surface area contributed by atoms with Crippen LogP contribution in [0.5, 0.6) is 5.75 Å². The number of hydrogen-bond acceptors (Lipinski definition) is 5. The first-order valence-electron chi connectivity index (χ1n) is 6.92. The summed E-state index contributed by atoms with van der Waals surface area (Å²) < 4.78 is 0. The van der Waals surface area contributed by atoms with Gasteiger partial charge >= 0.3 is 0 Å². The zero-order chi connectivity index (χ0) is 14.1. The van der Waals surface area contributed by atoms with Crippen molar-refractivity contribution in [2.45, 2.75) is 6.04 Å². The first kappa shape index (κ1) is 13.1. The van der Waals surface area contributed by atoms with Gasteiger partial charge in [-0.1, -0.05) is 6.07 Å². The van der Waals surface area contributed by atoms with Gasteiger partial charge in [0, 0.05) is 37.8 Å². The van der Waals surface area contributed by atoms with Crippen LogP contribution in [0.2, 0.25) is 0 Å². The molecule has 106 valence electrons. The molecule has 0 amide bonds. The van der Waals surface area contributed by atoms with Gasteiger partial charge in [-0.05, 0) is 30.6 Å². The summed E-state index contributed by atoms with van der Waals surface area (Å²) in [6, 6.07) is 7.63. The van der Waals surface area contributed by atoms with Gasteiger partial charge in [0.1, 0.15) is 11.6 Å². The summed E-state index contributed by atoms with van der Waals surface area (Å²) in [6.45, 7) is 3.43. The highest BCUT2D eigenvalue weighted by Gasteiger charge is 2.26. The average molecular weight is 272 g/mol. The largest absolute Gasteiger partial charge is 0.508 e. The minimum absolute atomic E-state index is 0.259. The molecule has 3 rings (SSSR count). The molecule has 1 aliphatic rings. The molecule has 0 saturated carbocycles. The number of aromatic hydroxyl groups is 1. The van der Waals surface area contributed by atoms with Gasteiger partial charge in [-0.25, -0.2) is 4.98 Å². The van der Waals surface area contributed by atoms with Crippen molar-refractivity contribution in [1.29, 1.82) is 0 Å². The molecule has 1 saturated heterocycles. The predicted octanol–water partition coefficient (Wildman–Crippen LogP) is 1.02. The third kappa shape index (κ3) is 2.30. The molecule has 20 heavy (non-hydrogen) atoms. The topological polar surface area (TPSA) is 65.6 Å². The Labute approximate surface area is 118 Å². The Balaban J connectivity index is 2.06. The third-order valence-corrected chi connectivity index (χ3v) is 3.96. The molecule has 0 radical (unpaired) electrons. The number of fused-ring (bicyclic) bond motifs is 1. The molecule has 1 aromatic carbocycles. The van der Waals surface area contributed by atoms with E-state index in [1.54, 1.807) is 12.1 Å². The van der Waals surface area contributed by atoms with Crippen LogP contribution in [0.3, 0.4) is 0 Å². The van der Waals surface area contributed by atoms with Gasteiger partial charge < -0.3 is 20.6 Å². The summed E-state index contributed by atoms with van der Waals surface area (Å²) in [5, 5.41) is 11.8. The van der Waals surface area contributed by atoms with Gasteiger partial charge in [-0.3, -0.25) is 0 Å². The van der Waals surface area contributed by atoms with E-state index < -0.39 is 0 Å². The Kier molecular flexibility index (Phi) is 3.46. The molecule has 1 unspecified atom stereocenters. The Morgan fingerprint density at radius 3 is 3.00 bits per heavy atom. The van der Waals surface area contributed by atoms with Crippen molar-refractivity contribution in [1.82, 2.24) is 9.88 Å². The van der Waals surface area contributed by atoms with Crippen molar-refractivity contribution in [3.05, 3.63) is 30.5 Å². The fourth-order valence-corrected chi connectivity index (χ4v) is 2.86. The van der Waals surface area contributed by atoms with E-state index in [-0.39, 0.29) is 11.8 Å². The van der Waals surface area contributed by atoms with E-state index in [2.05, 4.69) is 21.8 Å². The molecular formula is C15H20N4O. The molecule has 5 heteroatoms. The zero-order valence-corrected chi connectivity index (χ0v) is 11.7. The minimum atomic E-state index is 0.259. The van der Waals surface area contributed by atoms with E-state index in [4.69, 9.17) is 5.73 Å². The standard InChI is InChI=1S/C15H20N4O/c1-18-6-7-19(12(9-16)10-18)15-14-8-13(20)3-2-11(14)4-5-17-15/h2-5,8,12,20H,6-7,9-10,16H2,1H3. The summed E-state index contributed by atoms with van der Waals surface area (Å²) in [5.74, 6) is 1.19. The normalized spacial score (nSPS) is 20.5.